The van der Waals surface area contributed by atoms with Gasteiger partial charge in [-0.15, -0.1) is 0 Å². The van der Waals surface area contributed by atoms with E-state index in [2.05, 4.69) is 10.6 Å². The molecule has 0 unspecified atom stereocenters. The van der Waals surface area contributed by atoms with Gasteiger partial charge in [0.25, 0.3) is 0 Å². The van der Waals surface area contributed by atoms with Crippen LogP contribution in [-0.2, 0) is 14.3 Å². The molecule has 2 aromatic rings. The smallest absolute Gasteiger partial charge is 0.407 e. The van der Waals surface area contributed by atoms with E-state index >= 15 is 0 Å². The number of aliphatic carboxylic acids is 1. The summed E-state index contributed by atoms with van der Waals surface area (Å²) in [6.07, 6.45) is -0.838. The van der Waals surface area contributed by atoms with Gasteiger partial charge in [0, 0.05) is 19.4 Å². The van der Waals surface area contributed by atoms with E-state index in [4.69, 9.17) is 9.84 Å². The minimum Gasteiger partial charge on any atom is -0.480 e. The average molecular weight is 402 g/mol. The molecule has 0 heterocycles. The minimum absolute atomic E-state index is 0. The Morgan fingerprint density at radius 3 is 2.07 bits per heavy atom. The maximum Gasteiger partial charge on any atom is 0.407 e. The Labute approximate surface area is 169 Å². The molecule has 0 aliphatic heterocycles. The van der Waals surface area contributed by atoms with E-state index in [1.54, 1.807) is 0 Å². The van der Waals surface area contributed by atoms with Gasteiger partial charge in [-0.2, -0.15) is 13.5 Å². The molecule has 0 spiro atoms. The molecule has 0 fully saturated rings. The number of carbonyl (C=O) groups excluding carboxylic acids is 2. The van der Waals surface area contributed by atoms with E-state index in [0.717, 1.165) is 22.3 Å². The van der Waals surface area contributed by atoms with Crippen molar-refractivity contribution in [3.63, 3.8) is 0 Å². The molecule has 0 saturated heterocycles. The standard InChI is InChI=1S/C20H20N2O5.H2S/c1-12(23)21-10-18(19(24)25)22-20(26)27-11-17-15-8-4-2-6-13(15)14-7-3-5-9-16(14)17;/h2-9,17-18H,10-11H2,1H3,(H,21,23)(H,22,26)(H,24,25);1H2/t18-;/m0./s1. The monoisotopic (exact) mass is 402 g/mol. The maximum absolute atomic E-state index is 12.1. The SMILES string of the molecule is CC(=O)NC[C@H](NC(=O)OCC1c2ccccc2-c2ccccc21)C(=O)O.S. The van der Waals surface area contributed by atoms with E-state index in [0.29, 0.717) is 0 Å². The summed E-state index contributed by atoms with van der Waals surface area (Å²) in [7, 11) is 0. The lowest BCUT2D eigenvalue weighted by Crippen LogP contribution is -2.48. The predicted octanol–water partition coefficient (Wildman–Crippen LogP) is 2.23. The average Bonchev–Trinajstić information content (AvgIpc) is 2.97. The van der Waals surface area contributed by atoms with Crippen LogP contribution in [0.1, 0.15) is 24.0 Å². The molecular weight excluding hydrogens is 380 g/mol. The van der Waals surface area contributed by atoms with Gasteiger partial charge in [-0.3, -0.25) is 4.79 Å². The van der Waals surface area contributed by atoms with Gasteiger partial charge in [0.15, 0.2) is 0 Å². The van der Waals surface area contributed by atoms with Crippen LogP contribution in [0, 0.1) is 0 Å². The number of carboxylic acid groups (broad SMARTS) is 1. The molecule has 0 aromatic heterocycles. The molecule has 1 aliphatic carbocycles. The third kappa shape index (κ3) is 4.64. The topological polar surface area (TPSA) is 105 Å². The van der Waals surface area contributed by atoms with Crippen molar-refractivity contribution in [3.8, 4) is 11.1 Å². The highest BCUT2D eigenvalue weighted by molar-refractivity contribution is 7.59. The highest BCUT2D eigenvalue weighted by Crippen LogP contribution is 2.44. The molecule has 0 bridgehead atoms. The molecule has 0 saturated carbocycles. The summed E-state index contributed by atoms with van der Waals surface area (Å²) in [5, 5.41) is 13.8. The van der Waals surface area contributed by atoms with Crippen molar-refractivity contribution in [2.45, 2.75) is 18.9 Å². The third-order valence-corrected chi connectivity index (χ3v) is 4.49. The fourth-order valence-electron chi connectivity index (χ4n) is 3.23. The molecule has 3 rings (SSSR count). The second kappa shape index (κ2) is 9.27. The molecule has 7 nitrogen and oxygen atoms in total. The second-order valence-corrected chi connectivity index (χ2v) is 6.30. The molecule has 3 N–H and O–H groups in total. The van der Waals surface area contributed by atoms with Gasteiger partial charge >= 0.3 is 12.1 Å². The lowest BCUT2D eigenvalue weighted by molar-refractivity contribution is -0.139. The molecule has 0 radical (unpaired) electrons. The molecule has 2 aromatic carbocycles. The fourth-order valence-corrected chi connectivity index (χ4v) is 3.23. The second-order valence-electron chi connectivity index (χ2n) is 6.30. The van der Waals surface area contributed by atoms with Gasteiger partial charge in [-0.05, 0) is 22.3 Å². The van der Waals surface area contributed by atoms with E-state index in [-0.39, 0.29) is 38.5 Å². The Morgan fingerprint density at radius 2 is 1.57 bits per heavy atom. The zero-order valence-electron chi connectivity index (χ0n) is 15.3. The maximum atomic E-state index is 12.1. The Bertz CT molecular complexity index is 841. The number of rotatable bonds is 6. The first-order chi connectivity index (χ1) is 13.0. The first-order valence-electron chi connectivity index (χ1n) is 8.56. The summed E-state index contributed by atoms with van der Waals surface area (Å²) in [6.45, 7) is 1.15. The third-order valence-electron chi connectivity index (χ3n) is 4.49. The number of hydrogen-bond donors (Lipinski definition) is 3. The minimum atomic E-state index is -1.26. The van der Waals surface area contributed by atoms with Gasteiger partial charge in [0.2, 0.25) is 5.91 Å². The van der Waals surface area contributed by atoms with Crippen LogP contribution >= 0.6 is 13.5 Å². The first kappa shape index (κ1) is 21.3. The lowest BCUT2D eigenvalue weighted by atomic mass is 9.98. The number of benzene rings is 2. The fraction of sp³-hybridized carbons (Fsp3) is 0.250. The van der Waals surface area contributed by atoms with E-state index in [9.17, 15) is 14.4 Å². The van der Waals surface area contributed by atoms with Crippen molar-refractivity contribution in [1.29, 1.82) is 0 Å². The van der Waals surface area contributed by atoms with Crippen molar-refractivity contribution >= 4 is 31.5 Å². The number of carbonyl (C=O) groups is 3. The number of carboxylic acids is 1. The van der Waals surface area contributed by atoms with E-state index in [1.165, 1.54) is 6.92 Å². The quantitative estimate of drug-likeness (QED) is 0.687. The van der Waals surface area contributed by atoms with Crippen LogP contribution in [-0.4, -0.2) is 42.3 Å². The van der Waals surface area contributed by atoms with Crippen molar-refractivity contribution in [1.82, 2.24) is 10.6 Å². The largest absolute Gasteiger partial charge is 0.480 e. The molecule has 8 heteroatoms. The lowest BCUT2D eigenvalue weighted by Gasteiger charge is -2.17. The summed E-state index contributed by atoms with van der Waals surface area (Å²) in [4.78, 5) is 34.2. The van der Waals surface area contributed by atoms with Gasteiger partial charge in [-0.25, -0.2) is 9.59 Å². The van der Waals surface area contributed by atoms with Crippen molar-refractivity contribution in [2.75, 3.05) is 13.2 Å². The van der Waals surface area contributed by atoms with Crippen LogP contribution in [0.5, 0.6) is 0 Å². The molecule has 2 amide bonds. The van der Waals surface area contributed by atoms with Crippen molar-refractivity contribution in [3.05, 3.63) is 59.7 Å². The normalized spacial score (nSPS) is 12.8. The highest BCUT2D eigenvalue weighted by Gasteiger charge is 2.29. The molecular formula is C20H22N2O5S. The van der Waals surface area contributed by atoms with Crippen LogP contribution in [0.25, 0.3) is 11.1 Å². The number of fused-ring (bicyclic) bond motifs is 3. The molecule has 1 aliphatic rings. The Morgan fingerprint density at radius 1 is 1.04 bits per heavy atom. The number of amides is 2. The Kier molecular flexibility index (Phi) is 7.06. The number of alkyl carbamates (subject to hydrolysis) is 1. The zero-order valence-corrected chi connectivity index (χ0v) is 16.3. The zero-order chi connectivity index (χ0) is 19.4. The van der Waals surface area contributed by atoms with Crippen LogP contribution in [0.3, 0.4) is 0 Å². The summed E-state index contributed by atoms with van der Waals surface area (Å²) in [6, 6.07) is 14.6. The summed E-state index contributed by atoms with van der Waals surface area (Å²) < 4.78 is 5.30. The van der Waals surface area contributed by atoms with Crippen molar-refractivity contribution < 1.29 is 24.2 Å². The number of nitrogens with one attached hydrogen (secondary N) is 2. The number of ether oxygens (including phenoxy) is 1. The summed E-state index contributed by atoms with van der Waals surface area (Å²) >= 11 is 0. The molecule has 28 heavy (non-hydrogen) atoms. The van der Waals surface area contributed by atoms with Gasteiger partial charge in [0.05, 0.1) is 0 Å². The van der Waals surface area contributed by atoms with Gasteiger partial charge in [0.1, 0.15) is 12.6 Å². The highest BCUT2D eigenvalue weighted by atomic mass is 32.1. The van der Waals surface area contributed by atoms with E-state index in [1.807, 2.05) is 48.5 Å². The summed E-state index contributed by atoms with van der Waals surface area (Å²) in [5.41, 5.74) is 4.35. The van der Waals surface area contributed by atoms with Gasteiger partial charge in [-0.1, -0.05) is 48.5 Å². The molecule has 1 atom stereocenters. The first-order valence-corrected chi connectivity index (χ1v) is 8.56. The van der Waals surface area contributed by atoms with Gasteiger partial charge < -0.3 is 20.5 Å². The van der Waals surface area contributed by atoms with Crippen LogP contribution < -0.4 is 10.6 Å². The Hall–Kier alpha value is -3.00. The van der Waals surface area contributed by atoms with Crippen LogP contribution in [0.15, 0.2) is 48.5 Å². The van der Waals surface area contributed by atoms with Crippen LogP contribution in [0.4, 0.5) is 4.79 Å². The van der Waals surface area contributed by atoms with E-state index < -0.39 is 18.1 Å². The van der Waals surface area contributed by atoms with Crippen LogP contribution in [0.2, 0.25) is 0 Å². The predicted molar refractivity (Wildman–Crippen MR) is 109 cm³/mol. The van der Waals surface area contributed by atoms with Crippen molar-refractivity contribution in [2.24, 2.45) is 0 Å². The number of hydrogen-bond acceptors (Lipinski definition) is 4. The summed E-state index contributed by atoms with van der Waals surface area (Å²) in [5.74, 6) is -1.74. The molecule has 148 valence electrons. The Balaban J connectivity index is 0.00000280.